The van der Waals surface area contributed by atoms with Crippen molar-refractivity contribution in [3.8, 4) is 12.3 Å². The Morgan fingerprint density at radius 2 is 1.71 bits per heavy atom. The van der Waals surface area contributed by atoms with E-state index in [-0.39, 0.29) is 6.04 Å². The molecule has 1 N–H and O–H groups in total. The average molecular weight is 187 g/mol. The Morgan fingerprint density at radius 1 is 1.14 bits per heavy atom. The van der Waals surface area contributed by atoms with E-state index in [4.69, 9.17) is 6.42 Å². The molecule has 0 saturated heterocycles. The number of terminal acetylenes is 1. The van der Waals surface area contributed by atoms with Crippen molar-refractivity contribution < 1.29 is 0 Å². The molecule has 1 atom stereocenters. The largest absolute Gasteiger partial charge is 0.372 e. The van der Waals surface area contributed by atoms with Crippen molar-refractivity contribution in [2.45, 2.75) is 32.7 Å². The van der Waals surface area contributed by atoms with E-state index in [2.05, 4.69) is 49.4 Å². The average Bonchev–Trinajstić information content (AvgIpc) is 2.18. The molecule has 0 heterocycles. The van der Waals surface area contributed by atoms with Crippen LogP contribution in [-0.4, -0.2) is 6.04 Å². The van der Waals surface area contributed by atoms with Gasteiger partial charge in [-0.1, -0.05) is 31.9 Å². The summed E-state index contributed by atoms with van der Waals surface area (Å²) in [5, 5.41) is 3.22. The zero-order valence-corrected chi connectivity index (χ0v) is 9.04. The fourth-order valence-electron chi connectivity index (χ4n) is 1.26. The van der Waals surface area contributed by atoms with Gasteiger partial charge in [-0.05, 0) is 30.5 Å². The smallest absolute Gasteiger partial charge is 0.0845 e. The summed E-state index contributed by atoms with van der Waals surface area (Å²) in [6, 6.07) is 8.50. The molecule has 1 rings (SSSR count). The zero-order chi connectivity index (χ0) is 10.6. The zero-order valence-electron chi connectivity index (χ0n) is 9.04. The molecule has 0 amide bonds. The molecule has 1 aromatic rings. The van der Waals surface area contributed by atoms with E-state index in [0.29, 0.717) is 5.92 Å². The SMILES string of the molecule is C#CC(C)Nc1ccc(C(C)C)cc1. The fourth-order valence-corrected chi connectivity index (χ4v) is 1.26. The predicted octanol–water partition coefficient (Wildman–Crippen LogP) is 3.24. The second-order valence-electron chi connectivity index (χ2n) is 3.81. The lowest BCUT2D eigenvalue weighted by atomic mass is 10.0. The van der Waals surface area contributed by atoms with E-state index in [0.717, 1.165) is 5.69 Å². The van der Waals surface area contributed by atoms with Crippen molar-refractivity contribution in [1.29, 1.82) is 0 Å². The van der Waals surface area contributed by atoms with Crippen LogP contribution in [0.3, 0.4) is 0 Å². The van der Waals surface area contributed by atoms with Crippen LogP contribution in [0.4, 0.5) is 5.69 Å². The summed E-state index contributed by atoms with van der Waals surface area (Å²) in [6.45, 7) is 6.34. The highest BCUT2D eigenvalue weighted by Gasteiger charge is 2.00. The van der Waals surface area contributed by atoms with Crippen LogP contribution in [0.5, 0.6) is 0 Å². The molecule has 1 aromatic carbocycles. The predicted molar refractivity (Wildman–Crippen MR) is 62.4 cm³/mol. The standard InChI is InChI=1S/C13H17N/c1-5-11(4)14-13-8-6-12(7-9-13)10(2)3/h1,6-11,14H,2-4H3. The number of anilines is 1. The van der Waals surface area contributed by atoms with Crippen molar-refractivity contribution in [3.63, 3.8) is 0 Å². The normalized spacial score (nSPS) is 12.2. The Morgan fingerprint density at radius 3 is 2.14 bits per heavy atom. The van der Waals surface area contributed by atoms with Crippen LogP contribution < -0.4 is 5.32 Å². The molecular weight excluding hydrogens is 170 g/mol. The van der Waals surface area contributed by atoms with Gasteiger partial charge < -0.3 is 5.32 Å². The van der Waals surface area contributed by atoms with Crippen LogP contribution in [0.15, 0.2) is 24.3 Å². The summed E-state index contributed by atoms with van der Waals surface area (Å²) < 4.78 is 0. The minimum Gasteiger partial charge on any atom is -0.372 e. The van der Waals surface area contributed by atoms with E-state index in [9.17, 15) is 0 Å². The summed E-state index contributed by atoms with van der Waals surface area (Å²) in [5.41, 5.74) is 2.43. The van der Waals surface area contributed by atoms with Crippen molar-refractivity contribution in [2.75, 3.05) is 5.32 Å². The molecule has 0 fully saturated rings. The number of nitrogens with one attached hydrogen (secondary N) is 1. The first-order chi connectivity index (χ1) is 6.63. The second kappa shape index (κ2) is 4.72. The third-order valence-corrected chi connectivity index (χ3v) is 2.21. The molecule has 0 aliphatic carbocycles. The summed E-state index contributed by atoms with van der Waals surface area (Å²) in [7, 11) is 0. The van der Waals surface area contributed by atoms with Gasteiger partial charge >= 0.3 is 0 Å². The lowest BCUT2D eigenvalue weighted by Gasteiger charge is -2.11. The van der Waals surface area contributed by atoms with E-state index < -0.39 is 0 Å². The Labute approximate surface area is 86.5 Å². The number of rotatable bonds is 3. The highest BCUT2D eigenvalue weighted by molar-refractivity contribution is 5.47. The van der Waals surface area contributed by atoms with Crippen LogP contribution in [-0.2, 0) is 0 Å². The summed E-state index contributed by atoms with van der Waals surface area (Å²) in [6.07, 6.45) is 5.29. The lowest BCUT2D eigenvalue weighted by Crippen LogP contribution is -2.11. The minimum atomic E-state index is 0.0832. The van der Waals surface area contributed by atoms with Gasteiger partial charge in [0.15, 0.2) is 0 Å². The Kier molecular flexibility index (Phi) is 3.59. The Hall–Kier alpha value is -1.42. The molecular formula is C13H17N. The third kappa shape index (κ3) is 2.81. The summed E-state index contributed by atoms with van der Waals surface area (Å²) >= 11 is 0. The monoisotopic (exact) mass is 187 g/mol. The molecule has 1 heteroatoms. The third-order valence-electron chi connectivity index (χ3n) is 2.21. The molecule has 14 heavy (non-hydrogen) atoms. The molecule has 0 saturated carbocycles. The first-order valence-corrected chi connectivity index (χ1v) is 4.96. The molecule has 0 spiro atoms. The van der Waals surface area contributed by atoms with Gasteiger partial charge in [-0.2, -0.15) is 0 Å². The van der Waals surface area contributed by atoms with Gasteiger partial charge in [0.05, 0.1) is 6.04 Å². The number of benzene rings is 1. The molecule has 0 aliphatic rings. The van der Waals surface area contributed by atoms with Gasteiger partial charge in [-0.25, -0.2) is 0 Å². The Bertz CT molecular complexity index is 316. The molecule has 0 bridgehead atoms. The molecule has 74 valence electrons. The first kappa shape index (κ1) is 10.7. The second-order valence-corrected chi connectivity index (χ2v) is 3.81. The Balaban J connectivity index is 2.70. The maximum absolute atomic E-state index is 5.29. The van der Waals surface area contributed by atoms with Crippen LogP contribution in [0.2, 0.25) is 0 Å². The van der Waals surface area contributed by atoms with Crippen LogP contribution in [0.1, 0.15) is 32.3 Å². The molecule has 0 aliphatic heterocycles. The van der Waals surface area contributed by atoms with Gasteiger partial charge in [0.1, 0.15) is 0 Å². The van der Waals surface area contributed by atoms with Gasteiger partial charge in [-0.3, -0.25) is 0 Å². The maximum atomic E-state index is 5.29. The van der Waals surface area contributed by atoms with E-state index >= 15 is 0 Å². The molecule has 0 radical (unpaired) electrons. The fraction of sp³-hybridized carbons (Fsp3) is 0.385. The topological polar surface area (TPSA) is 12.0 Å². The van der Waals surface area contributed by atoms with E-state index in [1.165, 1.54) is 5.56 Å². The van der Waals surface area contributed by atoms with E-state index in [1.54, 1.807) is 0 Å². The minimum absolute atomic E-state index is 0.0832. The maximum Gasteiger partial charge on any atom is 0.0845 e. The number of hydrogen-bond acceptors (Lipinski definition) is 1. The van der Waals surface area contributed by atoms with Crippen LogP contribution in [0, 0.1) is 12.3 Å². The first-order valence-electron chi connectivity index (χ1n) is 4.96. The highest BCUT2D eigenvalue weighted by atomic mass is 14.9. The highest BCUT2D eigenvalue weighted by Crippen LogP contribution is 2.17. The lowest BCUT2D eigenvalue weighted by molar-refractivity contribution is 0.866. The summed E-state index contributed by atoms with van der Waals surface area (Å²) in [5.74, 6) is 3.22. The van der Waals surface area contributed by atoms with Crippen LogP contribution in [0.25, 0.3) is 0 Å². The van der Waals surface area contributed by atoms with Crippen LogP contribution >= 0.6 is 0 Å². The molecule has 1 nitrogen and oxygen atoms in total. The van der Waals surface area contributed by atoms with Crippen molar-refractivity contribution in [2.24, 2.45) is 0 Å². The van der Waals surface area contributed by atoms with E-state index in [1.807, 2.05) is 6.92 Å². The molecule has 0 aromatic heterocycles. The van der Waals surface area contributed by atoms with Crippen molar-refractivity contribution >= 4 is 5.69 Å². The molecule has 1 unspecified atom stereocenters. The van der Waals surface area contributed by atoms with Gasteiger partial charge in [0, 0.05) is 5.69 Å². The summed E-state index contributed by atoms with van der Waals surface area (Å²) in [4.78, 5) is 0. The quantitative estimate of drug-likeness (QED) is 0.716. The van der Waals surface area contributed by atoms with Crippen molar-refractivity contribution in [1.82, 2.24) is 0 Å². The number of hydrogen-bond donors (Lipinski definition) is 1. The van der Waals surface area contributed by atoms with Gasteiger partial charge in [-0.15, -0.1) is 6.42 Å². The van der Waals surface area contributed by atoms with Gasteiger partial charge in [0.25, 0.3) is 0 Å². The van der Waals surface area contributed by atoms with Gasteiger partial charge in [0.2, 0.25) is 0 Å². The van der Waals surface area contributed by atoms with Crippen molar-refractivity contribution in [3.05, 3.63) is 29.8 Å².